The zero-order valence-electron chi connectivity index (χ0n) is 14.1. The van der Waals surface area contributed by atoms with Gasteiger partial charge in [0, 0.05) is 31.4 Å². The number of hydrogen-bond donors (Lipinski definition) is 1. The second-order valence-electron chi connectivity index (χ2n) is 6.33. The first-order valence-electron chi connectivity index (χ1n) is 8.30. The minimum absolute atomic E-state index is 0.192. The Hall–Kier alpha value is -2.94. The van der Waals surface area contributed by atoms with Gasteiger partial charge in [-0.3, -0.25) is 14.7 Å². The predicted molar refractivity (Wildman–Crippen MR) is 89.6 cm³/mol. The van der Waals surface area contributed by atoms with Crippen LogP contribution in [0.2, 0.25) is 0 Å². The molecule has 0 unspecified atom stereocenters. The highest BCUT2D eigenvalue weighted by Gasteiger charge is 2.32. The number of furan rings is 1. The van der Waals surface area contributed by atoms with Gasteiger partial charge < -0.3 is 9.40 Å². The number of alkyl halides is 3. The Labute approximate surface area is 151 Å². The molecule has 0 atom stereocenters. The molecule has 0 aromatic carbocycles. The van der Waals surface area contributed by atoms with Crippen molar-refractivity contribution in [1.29, 1.82) is 0 Å². The highest BCUT2D eigenvalue weighted by atomic mass is 19.4. The number of aromatic nitrogens is 3. The van der Waals surface area contributed by atoms with Crippen LogP contribution in [0.4, 0.5) is 13.2 Å². The van der Waals surface area contributed by atoms with E-state index in [1.807, 2.05) is 4.90 Å². The number of rotatable bonds is 3. The number of fused-ring (bicyclic) bond motifs is 1. The molecule has 9 heteroatoms. The van der Waals surface area contributed by atoms with Crippen LogP contribution in [-0.4, -0.2) is 26.4 Å². The molecule has 0 saturated carbocycles. The molecule has 0 saturated heterocycles. The quantitative estimate of drug-likeness (QED) is 0.761. The van der Waals surface area contributed by atoms with E-state index in [1.165, 1.54) is 18.5 Å². The summed E-state index contributed by atoms with van der Waals surface area (Å²) >= 11 is 0. The van der Waals surface area contributed by atoms with E-state index in [9.17, 15) is 18.0 Å². The van der Waals surface area contributed by atoms with Crippen molar-refractivity contribution in [3.8, 4) is 11.6 Å². The minimum Gasteiger partial charge on any atom is -0.461 e. The smallest absolute Gasteiger partial charge is 0.433 e. The normalized spacial score (nSPS) is 14.9. The SMILES string of the molecule is O=c1[nH]c(-c2ccco2)nc2c1CCN(Cc1ccc(C(F)(F)F)nc1)C2. The maximum absolute atomic E-state index is 12.6. The lowest BCUT2D eigenvalue weighted by atomic mass is 10.1. The van der Waals surface area contributed by atoms with Gasteiger partial charge in [-0.05, 0) is 30.2 Å². The van der Waals surface area contributed by atoms with Crippen molar-refractivity contribution in [3.05, 3.63) is 69.6 Å². The molecule has 4 rings (SSSR count). The molecule has 1 N–H and O–H groups in total. The Balaban J connectivity index is 1.53. The maximum Gasteiger partial charge on any atom is 0.433 e. The fraction of sp³-hybridized carbons (Fsp3) is 0.278. The lowest BCUT2D eigenvalue weighted by Gasteiger charge is -2.27. The van der Waals surface area contributed by atoms with E-state index in [-0.39, 0.29) is 5.56 Å². The van der Waals surface area contributed by atoms with Crippen LogP contribution < -0.4 is 5.56 Å². The Morgan fingerprint density at radius 3 is 2.78 bits per heavy atom. The predicted octanol–water partition coefficient (Wildman–Crippen LogP) is 3.00. The molecule has 1 aliphatic rings. The summed E-state index contributed by atoms with van der Waals surface area (Å²) in [5.41, 5.74) is 0.847. The molecule has 3 aromatic heterocycles. The maximum atomic E-state index is 12.6. The number of nitrogens with zero attached hydrogens (tertiary/aromatic N) is 3. The molecule has 140 valence electrons. The molecular formula is C18H15F3N4O2. The molecule has 0 amide bonds. The summed E-state index contributed by atoms with van der Waals surface area (Å²) in [7, 11) is 0. The van der Waals surface area contributed by atoms with Crippen molar-refractivity contribution in [2.45, 2.75) is 25.7 Å². The number of H-pyrrole nitrogens is 1. The Kier molecular flexibility index (Phi) is 4.31. The van der Waals surface area contributed by atoms with E-state index in [2.05, 4.69) is 15.0 Å². The standard InChI is InChI=1S/C18H15F3N4O2/c19-18(20,21)15-4-3-11(8-22-15)9-25-6-5-12-13(10-25)23-16(24-17(12)26)14-2-1-7-27-14/h1-4,7-8H,5-6,9-10H2,(H,23,24,26). The van der Waals surface area contributed by atoms with E-state index >= 15 is 0 Å². The summed E-state index contributed by atoms with van der Waals surface area (Å²) in [6.45, 7) is 1.46. The van der Waals surface area contributed by atoms with Gasteiger partial charge >= 0.3 is 6.18 Å². The number of aromatic amines is 1. The second kappa shape index (κ2) is 6.66. The molecule has 1 aliphatic heterocycles. The lowest BCUT2D eigenvalue weighted by molar-refractivity contribution is -0.141. The van der Waals surface area contributed by atoms with E-state index in [0.717, 1.165) is 6.07 Å². The summed E-state index contributed by atoms with van der Waals surface area (Å²) in [6, 6.07) is 5.81. The van der Waals surface area contributed by atoms with Crippen LogP contribution in [0.3, 0.4) is 0 Å². The van der Waals surface area contributed by atoms with Gasteiger partial charge in [-0.1, -0.05) is 6.07 Å². The number of halogens is 3. The monoisotopic (exact) mass is 376 g/mol. The summed E-state index contributed by atoms with van der Waals surface area (Å²) < 4.78 is 43.1. The molecule has 0 spiro atoms. The number of nitrogens with one attached hydrogen (secondary N) is 1. The van der Waals surface area contributed by atoms with Crippen LogP contribution >= 0.6 is 0 Å². The Morgan fingerprint density at radius 1 is 1.26 bits per heavy atom. The number of pyridine rings is 1. The van der Waals surface area contributed by atoms with Crippen LogP contribution in [0.15, 0.2) is 45.9 Å². The van der Waals surface area contributed by atoms with Crippen molar-refractivity contribution in [1.82, 2.24) is 19.9 Å². The van der Waals surface area contributed by atoms with Gasteiger partial charge in [0.15, 0.2) is 11.6 Å². The Bertz CT molecular complexity index is 995. The Morgan fingerprint density at radius 2 is 2.11 bits per heavy atom. The summed E-state index contributed by atoms with van der Waals surface area (Å²) in [5, 5.41) is 0. The van der Waals surface area contributed by atoms with Gasteiger partial charge in [0.05, 0.1) is 12.0 Å². The third-order valence-corrected chi connectivity index (χ3v) is 4.43. The van der Waals surface area contributed by atoms with Crippen molar-refractivity contribution < 1.29 is 17.6 Å². The summed E-state index contributed by atoms with van der Waals surface area (Å²) in [6.07, 6.45) is -1.20. The van der Waals surface area contributed by atoms with Gasteiger partial charge in [-0.15, -0.1) is 0 Å². The van der Waals surface area contributed by atoms with E-state index in [4.69, 9.17) is 4.42 Å². The molecule has 0 aliphatic carbocycles. The summed E-state index contributed by atoms with van der Waals surface area (Å²) in [5.74, 6) is 0.834. The topological polar surface area (TPSA) is 75.0 Å². The molecule has 0 fully saturated rings. The highest BCUT2D eigenvalue weighted by molar-refractivity contribution is 5.47. The third-order valence-electron chi connectivity index (χ3n) is 4.43. The van der Waals surface area contributed by atoms with Crippen molar-refractivity contribution in [2.75, 3.05) is 6.54 Å². The van der Waals surface area contributed by atoms with E-state index in [0.29, 0.717) is 54.5 Å². The van der Waals surface area contributed by atoms with Gasteiger partial charge in [0.2, 0.25) is 0 Å². The van der Waals surface area contributed by atoms with E-state index < -0.39 is 11.9 Å². The van der Waals surface area contributed by atoms with Crippen molar-refractivity contribution >= 4 is 0 Å². The first-order valence-corrected chi connectivity index (χ1v) is 8.30. The van der Waals surface area contributed by atoms with Crippen LogP contribution in [0.1, 0.15) is 22.5 Å². The lowest BCUT2D eigenvalue weighted by Crippen LogP contribution is -2.35. The third kappa shape index (κ3) is 3.63. The zero-order valence-corrected chi connectivity index (χ0v) is 14.1. The van der Waals surface area contributed by atoms with Gasteiger partial charge in [0.1, 0.15) is 5.69 Å². The van der Waals surface area contributed by atoms with Gasteiger partial charge in [-0.2, -0.15) is 13.2 Å². The highest BCUT2D eigenvalue weighted by Crippen LogP contribution is 2.27. The largest absolute Gasteiger partial charge is 0.461 e. The molecule has 0 radical (unpaired) electrons. The van der Waals surface area contributed by atoms with Gasteiger partial charge in [-0.25, -0.2) is 4.98 Å². The molecule has 27 heavy (non-hydrogen) atoms. The van der Waals surface area contributed by atoms with Crippen LogP contribution in [-0.2, 0) is 25.7 Å². The fourth-order valence-electron chi connectivity index (χ4n) is 3.10. The molecule has 3 aromatic rings. The molecule has 4 heterocycles. The summed E-state index contributed by atoms with van der Waals surface area (Å²) in [4.78, 5) is 25.0. The van der Waals surface area contributed by atoms with Crippen LogP contribution in [0, 0.1) is 0 Å². The minimum atomic E-state index is -4.45. The van der Waals surface area contributed by atoms with Crippen molar-refractivity contribution in [3.63, 3.8) is 0 Å². The first kappa shape index (κ1) is 17.5. The number of hydrogen-bond acceptors (Lipinski definition) is 5. The van der Waals surface area contributed by atoms with Gasteiger partial charge in [0.25, 0.3) is 5.56 Å². The first-order chi connectivity index (χ1) is 12.9. The zero-order chi connectivity index (χ0) is 19.0. The van der Waals surface area contributed by atoms with E-state index in [1.54, 1.807) is 12.1 Å². The van der Waals surface area contributed by atoms with Crippen molar-refractivity contribution in [2.24, 2.45) is 0 Å². The van der Waals surface area contributed by atoms with Crippen LogP contribution in [0.25, 0.3) is 11.6 Å². The fourth-order valence-corrected chi connectivity index (χ4v) is 3.10. The molecule has 6 nitrogen and oxygen atoms in total. The average Bonchev–Trinajstić information content (AvgIpc) is 3.16. The second-order valence-corrected chi connectivity index (χ2v) is 6.33. The average molecular weight is 376 g/mol. The van der Waals surface area contributed by atoms with Crippen LogP contribution in [0.5, 0.6) is 0 Å². The molecule has 0 bridgehead atoms. The molecular weight excluding hydrogens is 361 g/mol.